The van der Waals surface area contributed by atoms with Gasteiger partial charge in [0.25, 0.3) is 0 Å². The van der Waals surface area contributed by atoms with Gasteiger partial charge in [-0.2, -0.15) is 0 Å². The SMILES string of the molecule is C=C/C=C\C(=C/C)OC.Cc1ccccc1-c1ccc2ccc3c(-c4ccc(-c5cccc6c5oc5ccccc56)cc4)ccc4ccc1c2c43. The zero-order chi connectivity index (χ0) is 34.9. The van der Waals surface area contributed by atoms with Crippen LogP contribution in [0.5, 0.6) is 0 Å². The smallest absolute Gasteiger partial charge is 0.143 e. The van der Waals surface area contributed by atoms with E-state index in [1.807, 2.05) is 37.3 Å². The number of methoxy groups -OCH3 is 1. The molecule has 0 saturated heterocycles. The van der Waals surface area contributed by atoms with Crippen LogP contribution >= 0.6 is 0 Å². The normalized spacial score (nSPS) is 11.9. The van der Waals surface area contributed by atoms with Crippen LogP contribution in [0.25, 0.3) is 87.6 Å². The number of para-hydroxylation sites is 2. The van der Waals surface area contributed by atoms with Gasteiger partial charge in [0.1, 0.15) is 16.9 Å². The molecule has 0 spiro atoms. The van der Waals surface area contributed by atoms with Crippen LogP contribution in [0.1, 0.15) is 12.5 Å². The topological polar surface area (TPSA) is 22.4 Å². The number of aryl methyl sites for hydroxylation is 1. The van der Waals surface area contributed by atoms with Crippen LogP contribution in [-0.2, 0) is 4.74 Å². The molecule has 0 amide bonds. The molecular formula is C49H38O2. The molecule has 1 aromatic heterocycles. The van der Waals surface area contributed by atoms with E-state index in [9.17, 15) is 0 Å². The fraction of sp³-hybridized carbons (Fsp3) is 0.0612. The molecule has 0 aliphatic heterocycles. The molecule has 1 heterocycles. The summed E-state index contributed by atoms with van der Waals surface area (Å²) in [5.41, 5.74) is 10.5. The van der Waals surface area contributed by atoms with Crippen LogP contribution < -0.4 is 0 Å². The Bertz CT molecular complexity index is 2760. The standard InChI is InChI=1S/C41H26O.C8H12O/c1-25-7-2-3-8-30(25)33-22-18-29-19-23-35-31(21-17-28-20-24-36(33)40(29)39(28)35)26-13-15-27(16-14-26)32-10-6-11-37-34-9-4-5-12-38(34)42-41(32)37;1-4-6-7-8(5-2)9-3/h2-24H,1H3;4-7H,1H2,2-3H3/b;7-6-,8-5+. The quantitative estimate of drug-likeness (QED) is 0.101. The summed E-state index contributed by atoms with van der Waals surface area (Å²) in [5, 5.41) is 10.2. The number of allylic oxidation sites excluding steroid dienone is 4. The first-order valence-electron chi connectivity index (χ1n) is 17.4. The van der Waals surface area contributed by atoms with Gasteiger partial charge in [0.2, 0.25) is 0 Å². The molecule has 246 valence electrons. The minimum atomic E-state index is 0.856. The molecule has 0 aliphatic carbocycles. The summed E-state index contributed by atoms with van der Waals surface area (Å²) in [7, 11) is 1.64. The molecule has 2 heteroatoms. The number of furan rings is 1. The summed E-state index contributed by atoms with van der Waals surface area (Å²) < 4.78 is 11.3. The third-order valence-corrected chi connectivity index (χ3v) is 9.93. The number of benzene rings is 8. The summed E-state index contributed by atoms with van der Waals surface area (Å²) in [4.78, 5) is 0. The van der Waals surface area contributed by atoms with Gasteiger partial charge in [0.05, 0.1) is 7.11 Å². The molecule has 0 unspecified atom stereocenters. The largest absolute Gasteiger partial charge is 0.497 e. The second-order valence-corrected chi connectivity index (χ2v) is 12.8. The molecule has 2 nitrogen and oxygen atoms in total. The van der Waals surface area contributed by atoms with Gasteiger partial charge in [-0.05, 0) is 97.8 Å². The molecule has 51 heavy (non-hydrogen) atoms. The first-order chi connectivity index (χ1) is 25.1. The van der Waals surface area contributed by atoms with Gasteiger partial charge in [-0.1, -0.05) is 152 Å². The van der Waals surface area contributed by atoms with Crippen molar-refractivity contribution in [2.24, 2.45) is 0 Å². The highest BCUT2D eigenvalue weighted by molar-refractivity contribution is 6.27. The predicted molar refractivity (Wildman–Crippen MR) is 219 cm³/mol. The Hall–Kier alpha value is -6.38. The van der Waals surface area contributed by atoms with Crippen molar-refractivity contribution in [3.8, 4) is 33.4 Å². The number of hydrogen-bond acceptors (Lipinski definition) is 2. The zero-order valence-corrected chi connectivity index (χ0v) is 29.1. The van der Waals surface area contributed by atoms with Gasteiger partial charge >= 0.3 is 0 Å². The molecule has 0 aliphatic rings. The van der Waals surface area contributed by atoms with Crippen molar-refractivity contribution >= 4 is 54.3 Å². The van der Waals surface area contributed by atoms with E-state index in [1.165, 1.54) is 60.1 Å². The second-order valence-electron chi connectivity index (χ2n) is 12.8. The highest BCUT2D eigenvalue weighted by atomic mass is 16.5. The molecule has 0 bridgehead atoms. The van der Waals surface area contributed by atoms with Crippen molar-refractivity contribution in [1.82, 2.24) is 0 Å². The minimum absolute atomic E-state index is 0.856. The van der Waals surface area contributed by atoms with Gasteiger partial charge in [-0.15, -0.1) is 0 Å². The highest BCUT2D eigenvalue weighted by Gasteiger charge is 2.16. The van der Waals surface area contributed by atoms with Crippen LogP contribution in [0.2, 0.25) is 0 Å². The fourth-order valence-electron chi connectivity index (χ4n) is 7.41. The Morgan fingerprint density at radius 2 is 1.16 bits per heavy atom. The maximum absolute atomic E-state index is 6.32. The fourth-order valence-corrected chi connectivity index (χ4v) is 7.41. The average Bonchev–Trinajstić information content (AvgIpc) is 3.57. The molecular weight excluding hydrogens is 621 g/mol. The van der Waals surface area contributed by atoms with E-state index >= 15 is 0 Å². The molecule has 0 radical (unpaired) electrons. The molecule has 9 aromatic rings. The van der Waals surface area contributed by atoms with Gasteiger partial charge in [-0.3, -0.25) is 0 Å². The van der Waals surface area contributed by atoms with Crippen molar-refractivity contribution in [2.45, 2.75) is 13.8 Å². The van der Waals surface area contributed by atoms with Crippen molar-refractivity contribution in [1.29, 1.82) is 0 Å². The van der Waals surface area contributed by atoms with E-state index in [0.717, 1.165) is 38.8 Å². The van der Waals surface area contributed by atoms with Gasteiger partial charge in [-0.25, -0.2) is 0 Å². The average molecular weight is 659 g/mol. The second kappa shape index (κ2) is 13.5. The molecule has 0 fully saturated rings. The Labute approximate surface area is 298 Å². The lowest BCUT2D eigenvalue weighted by Gasteiger charge is -2.17. The van der Waals surface area contributed by atoms with E-state index in [-0.39, 0.29) is 0 Å². The van der Waals surface area contributed by atoms with E-state index in [2.05, 4.69) is 141 Å². The van der Waals surface area contributed by atoms with Crippen molar-refractivity contribution < 1.29 is 9.15 Å². The van der Waals surface area contributed by atoms with Gasteiger partial charge < -0.3 is 9.15 Å². The number of rotatable bonds is 6. The first kappa shape index (κ1) is 31.9. The maximum atomic E-state index is 6.32. The van der Waals surface area contributed by atoms with Crippen LogP contribution in [-0.4, -0.2) is 7.11 Å². The van der Waals surface area contributed by atoms with Crippen molar-refractivity contribution in [3.63, 3.8) is 0 Å². The van der Waals surface area contributed by atoms with Crippen LogP contribution in [0.4, 0.5) is 0 Å². The molecule has 0 N–H and O–H groups in total. The lowest BCUT2D eigenvalue weighted by molar-refractivity contribution is 0.306. The van der Waals surface area contributed by atoms with Gasteiger partial charge in [0, 0.05) is 16.3 Å². The Balaban J connectivity index is 0.000000370. The molecule has 0 atom stereocenters. The summed E-state index contributed by atoms with van der Waals surface area (Å²) in [6, 6.07) is 50.6. The first-order valence-corrected chi connectivity index (χ1v) is 17.4. The number of hydrogen-bond donors (Lipinski definition) is 0. The summed E-state index contributed by atoms with van der Waals surface area (Å²) >= 11 is 0. The van der Waals surface area contributed by atoms with Crippen molar-refractivity contribution in [2.75, 3.05) is 7.11 Å². The monoisotopic (exact) mass is 658 g/mol. The third-order valence-electron chi connectivity index (χ3n) is 9.93. The Morgan fingerprint density at radius 1 is 0.569 bits per heavy atom. The zero-order valence-electron chi connectivity index (χ0n) is 29.1. The van der Waals surface area contributed by atoms with E-state index in [1.54, 1.807) is 13.2 Å². The van der Waals surface area contributed by atoms with Crippen LogP contribution in [0, 0.1) is 6.92 Å². The summed E-state index contributed by atoms with van der Waals surface area (Å²) in [5.74, 6) is 0.856. The Kier molecular flexibility index (Phi) is 8.43. The maximum Gasteiger partial charge on any atom is 0.143 e. The predicted octanol–water partition coefficient (Wildman–Crippen LogP) is 14.1. The van der Waals surface area contributed by atoms with E-state index in [0.29, 0.717) is 0 Å². The lowest BCUT2D eigenvalue weighted by atomic mass is 9.86. The minimum Gasteiger partial charge on any atom is -0.497 e. The molecule has 8 aromatic carbocycles. The number of fused-ring (bicyclic) bond motifs is 3. The lowest BCUT2D eigenvalue weighted by Crippen LogP contribution is -1.90. The molecule has 9 rings (SSSR count). The van der Waals surface area contributed by atoms with Crippen LogP contribution in [0.3, 0.4) is 0 Å². The highest BCUT2D eigenvalue weighted by Crippen LogP contribution is 2.43. The number of ether oxygens (including phenoxy) is 1. The van der Waals surface area contributed by atoms with E-state index in [4.69, 9.17) is 9.15 Å². The van der Waals surface area contributed by atoms with Crippen LogP contribution in [0.15, 0.2) is 181 Å². The van der Waals surface area contributed by atoms with E-state index < -0.39 is 0 Å². The summed E-state index contributed by atoms with van der Waals surface area (Å²) in [6.45, 7) is 7.65. The molecule has 0 saturated carbocycles. The van der Waals surface area contributed by atoms with Gasteiger partial charge in [0.15, 0.2) is 0 Å². The summed E-state index contributed by atoms with van der Waals surface area (Å²) in [6.07, 6.45) is 7.29. The van der Waals surface area contributed by atoms with Crippen molar-refractivity contribution in [3.05, 3.63) is 182 Å². The third kappa shape index (κ3) is 5.65. The Morgan fingerprint density at radius 3 is 1.84 bits per heavy atom.